The first-order chi connectivity index (χ1) is 13.7. The van der Waals surface area contributed by atoms with E-state index in [1.54, 1.807) is 24.3 Å². The number of hydrogen-bond acceptors (Lipinski definition) is 4. The monoisotopic (exact) mass is 452 g/mol. The van der Waals surface area contributed by atoms with Crippen LogP contribution in [0.2, 0.25) is 15.1 Å². The van der Waals surface area contributed by atoms with Crippen LogP contribution in [-0.4, -0.2) is 28.4 Å². The van der Waals surface area contributed by atoms with Crippen LogP contribution in [0.4, 0.5) is 0 Å². The number of imide groups is 1. The largest absolute Gasteiger partial charge is 0.480 e. The maximum atomic E-state index is 12.7. The Balaban J connectivity index is 1.87. The van der Waals surface area contributed by atoms with E-state index >= 15 is 0 Å². The number of hydrogen-bond donors (Lipinski definition) is 3. The fourth-order valence-electron chi connectivity index (χ4n) is 4.35. The smallest absolute Gasteiger partial charge is 0.325 e. The Morgan fingerprint density at radius 3 is 2.41 bits per heavy atom. The number of carboxylic acid groups (broad SMARTS) is 1. The lowest BCUT2D eigenvalue weighted by molar-refractivity contribution is -0.149. The van der Waals surface area contributed by atoms with Gasteiger partial charge in [-0.25, -0.2) is 0 Å². The van der Waals surface area contributed by atoms with E-state index in [9.17, 15) is 19.5 Å². The first kappa shape index (κ1) is 20.2. The molecule has 2 aromatic carbocycles. The first-order valence-electron chi connectivity index (χ1n) is 8.79. The Bertz CT molecular complexity index is 1030. The predicted molar refractivity (Wildman–Crippen MR) is 108 cm³/mol. The van der Waals surface area contributed by atoms with Crippen LogP contribution >= 0.6 is 34.8 Å². The third-order valence-corrected chi connectivity index (χ3v) is 6.59. The molecule has 4 unspecified atom stereocenters. The van der Waals surface area contributed by atoms with Gasteiger partial charge in [0.2, 0.25) is 11.8 Å². The quantitative estimate of drug-likeness (QED) is 0.488. The summed E-state index contributed by atoms with van der Waals surface area (Å²) in [6, 6.07) is 11.0. The average Bonchev–Trinajstić information content (AvgIpc) is 3.16. The first-order valence-corrected chi connectivity index (χ1v) is 9.92. The van der Waals surface area contributed by atoms with Crippen molar-refractivity contribution in [2.75, 3.05) is 0 Å². The number of rotatable bonds is 4. The van der Waals surface area contributed by atoms with Crippen molar-refractivity contribution >= 4 is 52.6 Å². The third-order valence-electron chi connectivity index (χ3n) is 5.56. The highest BCUT2D eigenvalue weighted by molar-refractivity contribution is 6.43. The summed E-state index contributed by atoms with van der Waals surface area (Å²) < 4.78 is 0. The van der Waals surface area contributed by atoms with Crippen LogP contribution in [0, 0.1) is 11.8 Å². The minimum Gasteiger partial charge on any atom is -0.480 e. The van der Waals surface area contributed by atoms with Crippen molar-refractivity contribution in [1.29, 1.82) is 0 Å². The molecule has 3 N–H and O–H groups in total. The van der Waals surface area contributed by atoms with Gasteiger partial charge in [0, 0.05) is 17.5 Å². The van der Waals surface area contributed by atoms with Gasteiger partial charge in [-0.15, -0.1) is 0 Å². The third kappa shape index (κ3) is 3.20. The van der Waals surface area contributed by atoms with Crippen molar-refractivity contribution in [3.8, 4) is 0 Å². The minimum atomic E-state index is -1.70. The molecule has 0 radical (unpaired) electrons. The highest BCUT2D eigenvalue weighted by Crippen LogP contribution is 2.50. The second-order valence-corrected chi connectivity index (χ2v) is 8.43. The molecular weight excluding hydrogens is 439 g/mol. The molecule has 2 fully saturated rings. The van der Waals surface area contributed by atoms with Gasteiger partial charge in [0.1, 0.15) is 5.54 Å². The molecule has 0 saturated carbocycles. The van der Waals surface area contributed by atoms with Gasteiger partial charge in [0.05, 0.1) is 21.9 Å². The van der Waals surface area contributed by atoms with E-state index in [2.05, 4.69) is 10.6 Å². The van der Waals surface area contributed by atoms with Gasteiger partial charge < -0.3 is 5.11 Å². The van der Waals surface area contributed by atoms with E-state index < -0.39 is 41.2 Å². The molecule has 4 rings (SSSR count). The van der Waals surface area contributed by atoms with Gasteiger partial charge in [-0.05, 0) is 23.3 Å². The molecule has 29 heavy (non-hydrogen) atoms. The van der Waals surface area contributed by atoms with Crippen LogP contribution in [0.15, 0.2) is 42.5 Å². The summed E-state index contributed by atoms with van der Waals surface area (Å²) in [5, 5.41) is 16.1. The zero-order valence-electron chi connectivity index (χ0n) is 14.8. The number of halogens is 3. The van der Waals surface area contributed by atoms with Gasteiger partial charge in [-0.2, -0.15) is 0 Å². The zero-order chi connectivity index (χ0) is 20.9. The molecule has 0 aliphatic carbocycles. The van der Waals surface area contributed by atoms with Crippen molar-refractivity contribution in [3.05, 3.63) is 68.7 Å². The number of carbonyl (C=O) groups excluding carboxylic acids is 2. The molecule has 4 atom stereocenters. The number of carboxylic acids is 1. The summed E-state index contributed by atoms with van der Waals surface area (Å²) in [5.74, 6) is -4.49. The molecule has 2 amide bonds. The van der Waals surface area contributed by atoms with E-state index in [0.717, 1.165) is 0 Å². The number of nitrogens with one attached hydrogen (secondary N) is 2. The van der Waals surface area contributed by atoms with Crippen molar-refractivity contribution < 1.29 is 19.5 Å². The Labute approximate surface area is 181 Å². The predicted octanol–water partition coefficient (Wildman–Crippen LogP) is 3.25. The lowest BCUT2D eigenvalue weighted by Gasteiger charge is -2.30. The zero-order valence-corrected chi connectivity index (χ0v) is 17.1. The lowest BCUT2D eigenvalue weighted by atomic mass is 9.76. The molecule has 9 heteroatoms. The van der Waals surface area contributed by atoms with E-state index in [0.29, 0.717) is 11.1 Å². The highest BCUT2D eigenvalue weighted by atomic mass is 35.5. The fraction of sp³-hybridized carbons (Fsp3) is 0.250. The highest BCUT2D eigenvalue weighted by Gasteiger charge is 2.66. The van der Waals surface area contributed by atoms with E-state index in [1.807, 2.05) is 6.07 Å². The second kappa shape index (κ2) is 7.29. The molecule has 2 saturated heterocycles. The number of amides is 2. The van der Waals surface area contributed by atoms with Crippen molar-refractivity contribution in [1.82, 2.24) is 10.6 Å². The number of fused-ring (bicyclic) bond motifs is 1. The average molecular weight is 454 g/mol. The van der Waals surface area contributed by atoms with E-state index in [4.69, 9.17) is 34.8 Å². The summed E-state index contributed by atoms with van der Waals surface area (Å²) in [5.41, 5.74) is -0.616. The van der Waals surface area contributed by atoms with E-state index in [1.165, 1.54) is 12.1 Å². The number of benzene rings is 2. The van der Waals surface area contributed by atoms with Crippen molar-refractivity contribution in [2.24, 2.45) is 11.8 Å². The Kier molecular flexibility index (Phi) is 5.07. The van der Waals surface area contributed by atoms with Crippen LogP contribution < -0.4 is 10.6 Å². The number of carbonyl (C=O) groups is 3. The maximum absolute atomic E-state index is 12.7. The fourth-order valence-corrected chi connectivity index (χ4v) is 5.09. The lowest BCUT2D eigenvalue weighted by Crippen LogP contribution is -2.57. The maximum Gasteiger partial charge on any atom is 0.325 e. The van der Waals surface area contributed by atoms with Crippen molar-refractivity contribution in [3.63, 3.8) is 0 Å². The van der Waals surface area contributed by atoms with Crippen LogP contribution in [0.1, 0.15) is 17.2 Å². The van der Waals surface area contributed by atoms with Crippen LogP contribution in [0.5, 0.6) is 0 Å². The molecule has 2 aromatic rings. The molecule has 2 aliphatic rings. The molecule has 0 aromatic heterocycles. The summed E-state index contributed by atoms with van der Waals surface area (Å²) in [6.07, 6.45) is 0.00740. The van der Waals surface area contributed by atoms with E-state index in [-0.39, 0.29) is 21.5 Å². The van der Waals surface area contributed by atoms with Gasteiger partial charge in [0.15, 0.2) is 0 Å². The molecule has 6 nitrogen and oxygen atoms in total. The minimum absolute atomic E-state index is 0.00740. The van der Waals surface area contributed by atoms with Crippen LogP contribution in [0.3, 0.4) is 0 Å². The normalized spacial score (nSPS) is 28.3. The molecule has 0 bridgehead atoms. The van der Waals surface area contributed by atoms with Gasteiger partial charge in [-0.3, -0.25) is 25.0 Å². The second-order valence-electron chi connectivity index (χ2n) is 7.21. The Morgan fingerprint density at radius 2 is 1.76 bits per heavy atom. The standard InChI is InChI=1S/C20H15Cl3N2O4/c21-10-6-11(15(23)12(22)7-10)16-13-14(18(27)24-17(13)26)20(25-16,19(28)29)8-9-4-2-1-3-5-9/h1-7,13-14,16,25H,8H2,(H,28,29)(H,24,26,27). The molecule has 2 aliphatic heterocycles. The summed E-state index contributed by atoms with van der Waals surface area (Å²) >= 11 is 18.6. The SMILES string of the molecule is O=C1NC(=O)C2C1C(c1cc(Cl)cc(Cl)c1Cl)NC2(Cc1ccccc1)C(=O)O. The van der Waals surface area contributed by atoms with Gasteiger partial charge in [0.25, 0.3) is 0 Å². The number of aliphatic carboxylic acids is 1. The summed E-state index contributed by atoms with van der Waals surface area (Å²) in [4.78, 5) is 37.8. The van der Waals surface area contributed by atoms with Crippen LogP contribution in [0.25, 0.3) is 0 Å². The molecular formula is C20H15Cl3N2O4. The molecule has 2 heterocycles. The molecule has 150 valence electrons. The van der Waals surface area contributed by atoms with Crippen LogP contribution in [-0.2, 0) is 20.8 Å². The summed E-state index contributed by atoms with van der Waals surface area (Å²) in [6.45, 7) is 0. The summed E-state index contributed by atoms with van der Waals surface area (Å²) in [7, 11) is 0. The Hall–Kier alpha value is -2.12. The van der Waals surface area contributed by atoms with Gasteiger partial charge >= 0.3 is 5.97 Å². The van der Waals surface area contributed by atoms with Crippen molar-refractivity contribution in [2.45, 2.75) is 18.0 Å². The molecule has 0 spiro atoms. The topological polar surface area (TPSA) is 95.5 Å². The van der Waals surface area contributed by atoms with Gasteiger partial charge in [-0.1, -0.05) is 65.1 Å². The Morgan fingerprint density at radius 1 is 1.07 bits per heavy atom.